The number of amides is 1. The number of carbonyl (C=O) groups excluding carboxylic acids is 2. The lowest BCUT2D eigenvalue weighted by Crippen LogP contribution is -2.26. The van der Waals surface area contributed by atoms with Gasteiger partial charge in [0.25, 0.3) is 5.91 Å². The van der Waals surface area contributed by atoms with E-state index in [-0.39, 0.29) is 21.6 Å². The second kappa shape index (κ2) is 7.14. The SMILES string of the molecule is COC(=O)c1sc(NC(=O)c2cccc(S(=O)(=O)NC3CC3)c2)nc1C. The molecule has 1 saturated carbocycles. The van der Waals surface area contributed by atoms with Gasteiger partial charge in [-0.15, -0.1) is 0 Å². The average molecular weight is 395 g/mol. The third-order valence-electron chi connectivity index (χ3n) is 3.69. The van der Waals surface area contributed by atoms with Crippen LogP contribution in [0.1, 0.15) is 38.6 Å². The normalized spacial score (nSPS) is 14.1. The number of hydrogen-bond acceptors (Lipinski definition) is 7. The van der Waals surface area contributed by atoms with Gasteiger partial charge in [0.2, 0.25) is 10.0 Å². The van der Waals surface area contributed by atoms with Crippen molar-refractivity contribution in [2.75, 3.05) is 12.4 Å². The lowest BCUT2D eigenvalue weighted by atomic mass is 10.2. The number of nitrogens with zero attached hydrogens (tertiary/aromatic N) is 1. The first kappa shape index (κ1) is 18.5. The number of nitrogens with one attached hydrogen (secondary N) is 2. The van der Waals surface area contributed by atoms with Crippen molar-refractivity contribution >= 4 is 38.4 Å². The van der Waals surface area contributed by atoms with Crippen LogP contribution in [0, 0.1) is 6.92 Å². The molecule has 8 nitrogen and oxygen atoms in total. The van der Waals surface area contributed by atoms with Crippen LogP contribution in [-0.4, -0.2) is 38.4 Å². The highest BCUT2D eigenvalue weighted by molar-refractivity contribution is 7.89. The van der Waals surface area contributed by atoms with Crippen molar-refractivity contribution < 1.29 is 22.7 Å². The van der Waals surface area contributed by atoms with Gasteiger partial charge in [0, 0.05) is 11.6 Å². The number of aryl methyl sites for hydroxylation is 1. The van der Waals surface area contributed by atoms with Gasteiger partial charge < -0.3 is 4.74 Å². The Morgan fingerprint density at radius 1 is 1.31 bits per heavy atom. The van der Waals surface area contributed by atoms with Gasteiger partial charge in [-0.1, -0.05) is 17.4 Å². The fourth-order valence-electron chi connectivity index (χ4n) is 2.19. The van der Waals surface area contributed by atoms with Crippen LogP contribution in [0.4, 0.5) is 5.13 Å². The summed E-state index contributed by atoms with van der Waals surface area (Å²) in [5.41, 5.74) is 0.623. The summed E-state index contributed by atoms with van der Waals surface area (Å²) in [5.74, 6) is -1.04. The molecule has 3 rings (SSSR count). The Bertz CT molecular complexity index is 964. The third kappa shape index (κ3) is 4.09. The molecule has 0 spiro atoms. The van der Waals surface area contributed by atoms with Crippen LogP contribution in [0.3, 0.4) is 0 Å². The summed E-state index contributed by atoms with van der Waals surface area (Å²) in [6, 6.07) is 5.73. The minimum absolute atomic E-state index is 0.0208. The highest BCUT2D eigenvalue weighted by atomic mass is 32.2. The van der Waals surface area contributed by atoms with Gasteiger partial charge >= 0.3 is 5.97 Å². The Morgan fingerprint density at radius 2 is 2.04 bits per heavy atom. The number of thiazole rings is 1. The first-order valence-corrected chi connectivity index (χ1v) is 10.1. The predicted octanol–water partition coefficient (Wildman–Crippen LogP) is 1.93. The smallest absolute Gasteiger partial charge is 0.350 e. The van der Waals surface area contributed by atoms with Crippen molar-refractivity contribution in [3.05, 3.63) is 40.4 Å². The van der Waals surface area contributed by atoms with Crippen LogP contribution in [0.5, 0.6) is 0 Å². The number of aromatic nitrogens is 1. The van der Waals surface area contributed by atoms with Gasteiger partial charge in [-0.2, -0.15) is 0 Å². The van der Waals surface area contributed by atoms with E-state index in [2.05, 4.69) is 19.8 Å². The second-order valence-corrected chi connectivity index (χ2v) is 8.52. The molecule has 2 aromatic rings. The molecule has 1 heterocycles. The molecule has 0 radical (unpaired) electrons. The highest BCUT2D eigenvalue weighted by Gasteiger charge is 2.28. The van der Waals surface area contributed by atoms with E-state index >= 15 is 0 Å². The molecule has 26 heavy (non-hydrogen) atoms. The van der Waals surface area contributed by atoms with E-state index in [9.17, 15) is 18.0 Å². The number of benzene rings is 1. The molecule has 1 aromatic heterocycles. The number of sulfonamides is 1. The summed E-state index contributed by atoms with van der Waals surface area (Å²) >= 11 is 0.993. The molecule has 0 bridgehead atoms. The number of rotatable bonds is 6. The number of hydrogen-bond donors (Lipinski definition) is 2. The summed E-state index contributed by atoms with van der Waals surface area (Å²) in [5, 5.41) is 2.81. The van der Waals surface area contributed by atoms with Crippen molar-refractivity contribution in [3.8, 4) is 0 Å². The first-order valence-electron chi connectivity index (χ1n) is 7.79. The fourth-order valence-corrected chi connectivity index (χ4v) is 4.42. The number of ether oxygens (including phenoxy) is 1. The molecule has 1 amide bonds. The molecule has 0 unspecified atom stereocenters. The van der Waals surface area contributed by atoms with Crippen LogP contribution in [-0.2, 0) is 14.8 Å². The molecular formula is C16H17N3O5S2. The molecule has 1 aliphatic rings. The van der Waals surface area contributed by atoms with Crippen LogP contribution in [0.2, 0.25) is 0 Å². The minimum Gasteiger partial charge on any atom is -0.465 e. The van der Waals surface area contributed by atoms with E-state index in [0.29, 0.717) is 10.6 Å². The highest BCUT2D eigenvalue weighted by Crippen LogP contribution is 2.25. The number of carbonyl (C=O) groups is 2. The van der Waals surface area contributed by atoms with E-state index in [4.69, 9.17) is 0 Å². The maximum Gasteiger partial charge on any atom is 0.350 e. The number of esters is 1. The Morgan fingerprint density at radius 3 is 2.69 bits per heavy atom. The number of methoxy groups -OCH3 is 1. The Labute approximate surface area is 154 Å². The van der Waals surface area contributed by atoms with Crippen molar-refractivity contribution in [2.45, 2.75) is 30.7 Å². The molecule has 2 N–H and O–H groups in total. The van der Waals surface area contributed by atoms with Crippen molar-refractivity contribution in [2.24, 2.45) is 0 Å². The van der Waals surface area contributed by atoms with Gasteiger partial charge in [0.1, 0.15) is 4.88 Å². The zero-order valence-electron chi connectivity index (χ0n) is 14.1. The standard InChI is InChI=1S/C16H17N3O5S2/c1-9-13(15(21)24-2)25-16(17-9)18-14(20)10-4-3-5-12(8-10)26(22,23)19-11-6-7-11/h3-5,8,11,19H,6-7H2,1-2H3,(H,17,18,20). The molecule has 1 aromatic carbocycles. The quantitative estimate of drug-likeness (QED) is 0.723. The van der Waals surface area contributed by atoms with Gasteiger partial charge in [-0.05, 0) is 38.0 Å². The third-order valence-corrected chi connectivity index (χ3v) is 6.26. The average Bonchev–Trinajstić information content (AvgIpc) is 3.34. The molecule has 10 heteroatoms. The lowest BCUT2D eigenvalue weighted by molar-refractivity contribution is 0.0605. The summed E-state index contributed by atoms with van der Waals surface area (Å²) in [6.45, 7) is 1.63. The predicted molar refractivity (Wildman–Crippen MR) is 95.9 cm³/mol. The molecule has 0 atom stereocenters. The zero-order chi connectivity index (χ0) is 18.9. The second-order valence-electron chi connectivity index (χ2n) is 5.80. The van der Waals surface area contributed by atoms with E-state index in [1.807, 2.05) is 0 Å². The van der Waals surface area contributed by atoms with E-state index < -0.39 is 21.9 Å². The molecular weight excluding hydrogens is 378 g/mol. The molecule has 0 saturated heterocycles. The van der Waals surface area contributed by atoms with Gasteiger partial charge in [-0.3, -0.25) is 10.1 Å². The van der Waals surface area contributed by atoms with Gasteiger partial charge in [0.05, 0.1) is 17.7 Å². The molecule has 1 fully saturated rings. The van der Waals surface area contributed by atoms with E-state index in [0.717, 1.165) is 24.2 Å². The van der Waals surface area contributed by atoms with Gasteiger partial charge in [0.15, 0.2) is 5.13 Å². The van der Waals surface area contributed by atoms with Crippen LogP contribution >= 0.6 is 11.3 Å². The molecule has 138 valence electrons. The van der Waals surface area contributed by atoms with Crippen molar-refractivity contribution in [1.82, 2.24) is 9.71 Å². The van der Waals surface area contributed by atoms with Crippen LogP contribution in [0.15, 0.2) is 29.2 Å². The maximum absolute atomic E-state index is 12.4. The zero-order valence-corrected chi connectivity index (χ0v) is 15.7. The Kier molecular flexibility index (Phi) is 5.08. The van der Waals surface area contributed by atoms with E-state index in [1.54, 1.807) is 6.92 Å². The molecule has 0 aliphatic heterocycles. The lowest BCUT2D eigenvalue weighted by Gasteiger charge is -2.07. The maximum atomic E-state index is 12.4. The summed E-state index contributed by atoms with van der Waals surface area (Å²) in [4.78, 5) is 28.5. The summed E-state index contributed by atoms with van der Waals surface area (Å²) < 4.78 is 31.8. The van der Waals surface area contributed by atoms with Crippen LogP contribution < -0.4 is 10.0 Å². The Balaban J connectivity index is 1.78. The fraction of sp³-hybridized carbons (Fsp3) is 0.312. The molecule has 1 aliphatic carbocycles. The number of anilines is 1. The Hall–Kier alpha value is -2.30. The largest absolute Gasteiger partial charge is 0.465 e. The summed E-state index contributed by atoms with van der Waals surface area (Å²) in [6.07, 6.45) is 1.65. The van der Waals surface area contributed by atoms with Gasteiger partial charge in [-0.25, -0.2) is 22.9 Å². The summed E-state index contributed by atoms with van der Waals surface area (Å²) in [7, 11) is -2.38. The monoisotopic (exact) mass is 395 g/mol. The van der Waals surface area contributed by atoms with Crippen molar-refractivity contribution in [1.29, 1.82) is 0 Å². The minimum atomic E-state index is -3.65. The van der Waals surface area contributed by atoms with E-state index in [1.165, 1.54) is 31.4 Å². The topological polar surface area (TPSA) is 114 Å². The first-order chi connectivity index (χ1) is 12.3. The van der Waals surface area contributed by atoms with Crippen LogP contribution in [0.25, 0.3) is 0 Å². The van der Waals surface area contributed by atoms with Crippen molar-refractivity contribution in [3.63, 3.8) is 0 Å².